The maximum atomic E-state index is 13.5. The van der Waals surface area contributed by atoms with Gasteiger partial charge in [-0.2, -0.15) is 0 Å². The molecule has 1 fully saturated rings. The van der Waals surface area contributed by atoms with Crippen molar-refractivity contribution in [3.63, 3.8) is 0 Å². The van der Waals surface area contributed by atoms with E-state index in [-0.39, 0.29) is 23.3 Å². The van der Waals surface area contributed by atoms with Gasteiger partial charge in [0.1, 0.15) is 5.75 Å². The number of halogens is 1. The van der Waals surface area contributed by atoms with Gasteiger partial charge in [0.05, 0.1) is 42.2 Å². The SMILES string of the molecule is CCC1CN(C(=O)CSc2nc3cc(Cl)ccc3c(=O)n2-c2ccccc2OC)CCO1. The van der Waals surface area contributed by atoms with Gasteiger partial charge in [-0.3, -0.25) is 14.2 Å². The summed E-state index contributed by atoms with van der Waals surface area (Å²) in [6.45, 7) is 3.73. The van der Waals surface area contributed by atoms with Crippen LogP contribution in [-0.2, 0) is 9.53 Å². The van der Waals surface area contributed by atoms with Crippen LogP contribution in [-0.4, -0.2) is 59.0 Å². The molecule has 0 N–H and O–H groups in total. The van der Waals surface area contributed by atoms with Crippen LogP contribution in [0.3, 0.4) is 0 Å². The second kappa shape index (κ2) is 9.94. The third-order valence-corrected chi connectivity index (χ3v) is 6.56. The van der Waals surface area contributed by atoms with Crippen LogP contribution >= 0.6 is 23.4 Å². The summed E-state index contributed by atoms with van der Waals surface area (Å²) in [5, 5.41) is 1.34. The van der Waals surface area contributed by atoms with E-state index in [0.717, 1.165) is 6.42 Å². The summed E-state index contributed by atoms with van der Waals surface area (Å²) >= 11 is 7.36. The van der Waals surface area contributed by atoms with E-state index < -0.39 is 0 Å². The molecule has 0 radical (unpaired) electrons. The number of methoxy groups -OCH3 is 1. The van der Waals surface area contributed by atoms with Gasteiger partial charge in [-0.1, -0.05) is 42.4 Å². The number of amides is 1. The summed E-state index contributed by atoms with van der Waals surface area (Å²) < 4.78 is 12.6. The Morgan fingerprint density at radius 2 is 2.12 bits per heavy atom. The largest absolute Gasteiger partial charge is 0.495 e. The van der Waals surface area contributed by atoms with Crippen LogP contribution in [0.4, 0.5) is 0 Å². The van der Waals surface area contributed by atoms with Crippen LogP contribution in [0.2, 0.25) is 5.02 Å². The summed E-state index contributed by atoms with van der Waals surface area (Å²) in [6.07, 6.45) is 0.919. The predicted molar refractivity (Wildman–Crippen MR) is 126 cm³/mol. The standard InChI is InChI=1S/C23H24ClN3O4S/c1-3-16-13-26(10-11-31-16)21(28)14-32-23-25-18-12-15(24)8-9-17(18)22(29)27(23)19-6-4-5-7-20(19)30-2/h4-9,12,16H,3,10-11,13-14H2,1-2H3. The Bertz CT molecular complexity index is 1200. The third kappa shape index (κ3) is 4.62. The number of para-hydroxylation sites is 2. The monoisotopic (exact) mass is 473 g/mol. The van der Waals surface area contributed by atoms with Crippen LogP contribution < -0.4 is 10.3 Å². The lowest BCUT2D eigenvalue weighted by Gasteiger charge is -2.32. The molecule has 1 saturated heterocycles. The second-order valence-corrected chi connectivity index (χ2v) is 8.78. The summed E-state index contributed by atoms with van der Waals surface area (Å²) in [5.74, 6) is 0.685. The molecule has 2 aromatic carbocycles. The Morgan fingerprint density at radius 1 is 1.31 bits per heavy atom. The fourth-order valence-corrected chi connectivity index (χ4v) is 4.75. The van der Waals surface area contributed by atoms with Gasteiger partial charge in [0.2, 0.25) is 5.91 Å². The van der Waals surface area contributed by atoms with Crippen molar-refractivity contribution in [2.45, 2.75) is 24.6 Å². The minimum Gasteiger partial charge on any atom is -0.495 e. The van der Waals surface area contributed by atoms with Gasteiger partial charge >= 0.3 is 0 Å². The average Bonchev–Trinajstić information content (AvgIpc) is 2.82. The maximum Gasteiger partial charge on any atom is 0.266 e. The smallest absolute Gasteiger partial charge is 0.266 e. The number of nitrogens with zero attached hydrogens (tertiary/aromatic N) is 3. The normalized spacial score (nSPS) is 16.3. The number of hydrogen-bond donors (Lipinski definition) is 0. The lowest BCUT2D eigenvalue weighted by Crippen LogP contribution is -2.46. The Balaban J connectivity index is 1.72. The summed E-state index contributed by atoms with van der Waals surface area (Å²) in [5.41, 5.74) is 0.807. The molecule has 0 bridgehead atoms. The van der Waals surface area contributed by atoms with E-state index in [0.29, 0.717) is 52.2 Å². The van der Waals surface area contributed by atoms with Crippen molar-refractivity contribution in [3.05, 3.63) is 57.8 Å². The minimum absolute atomic E-state index is 0.0104. The molecular formula is C23H24ClN3O4S. The number of carbonyl (C=O) groups excluding carboxylic acids is 1. The number of benzene rings is 2. The van der Waals surface area contributed by atoms with Gasteiger partial charge in [0.25, 0.3) is 5.56 Å². The molecule has 0 aliphatic carbocycles. The third-order valence-electron chi connectivity index (χ3n) is 5.40. The lowest BCUT2D eigenvalue weighted by molar-refractivity contribution is -0.135. The summed E-state index contributed by atoms with van der Waals surface area (Å²) in [6, 6.07) is 12.2. The maximum absolute atomic E-state index is 13.5. The van der Waals surface area contributed by atoms with E-state index in [9.17, 15) is 9.59 Å². The molecule has 1 aliphatic heterocycles. The number of carbonyl (C=O) groups is 1. The van der Waals surface area contributed by atoms with Gasteiger partial charge in [-0.15, -0.1) is 0 Å². The van der Waals surface area contributed by atoms with Crippen molar-refractivity contribution in [1.82, 2.24) is 14.5 Å². The second-order valence-electron chi connectivity index (χ2n) is 7.40. The zero-order chi connectivity index (χ0) is 22.7. The molecule has 1 aromatic heterocycles. The minimum atomic E-state index is -0.247. The van der Waals surface area contributed by atoms with Gasteiger partial charge in [-0.25, -0.2) is 4.98 Å². The van der Waals surface area contributed by atoms with E-state index in [2.05, 4.69) is 4.98 Å². The predicted octanol–water partition coefficient (Wildman–Crippen LogP) is 3.78. The summed E-state index contributed by atoms with van der Waals surface area (Å²) in [4.78, 5) is 32.9. The van der Waals surface area contributed by atoms with E-state index in [4.69, 9.17) is 21.1 Å². The van der Waals surface area contributed by atoms with Crippen LogP contribution in [0.15, 0.2) is 52.4 Å². The Morgan fingerprint density at radius 3 is 2.91 bits per heavy atom. The zero-order valence-electron chi connectivity index (χ0n) is 17.9. The van der Waals surface area contributed by atoms with Crippen LogP contribution in [0.25, 0.3) is 16.6 Å². The molecule has 2 heterocycles. The molecule has 1 aliphatic rings. The molecule has 168 valence electrons. The highest BCUT2D eigenvalue weighted by Crippen LogP contribution is 2.28. The highest BCUT2D eigenvalue weighted by Gasteiger charge is 2.24. The molecule has 0 saturated carbocycles. The van der Waals surface area contributed by atoms with Crippen molar-refractivity contribution >= 4 is 40.2 Å². The van der Waals surface area contributed by atoms with E-state index in [1.807, 2.05) is 24.0 Å². The van der Waals surface area contributed by atoms with Crippen molar-refractivity contribution in [3.8, 4) is 11.4 Å². The van der Waals surface area contributed by atoms with E-state index in [1.165, 1.54) is 16.3 Å². The fourth-order valence-electron chi connectivity index (χ4n) is 3.67. The molecule has 1 unspecified atom stereocenters. The molecule has 4 rings (SSSR count). The highest BCUT2D eigenvalue weighted by molar-refractivity contribution is 7.99. The topological polar surface area (TPSA) is 73.7 Å². The number of aromatic nitrogens is 2. The number of rotatable bonds is 6. The molecule has 1 atom stereocenters. The first-order valence-electron chi connectivity index (χ1n) is 10.4. The van der Waals surface area contributed by atoms with Crippen molar-refractivity contribution < 1.29 is 14.3 Å². The van der Waals surface area contributed by atoms with Crippen molar-refractivity contribution in [1.29, 1.82) is 0 Å². The van der Waals surface area contributed by atoms with Gasteiger partial charge in [0, 0.05) is 18.1 Å². The first-order chi connectivity index (χ1) is 15.5. The number of hydrogen-bond acceptors (Lipinski definition) is 6. The molecule has 9 heteroatoms. The average molecular weight is 474 g/mol. The molecule has 1 amide bonds. The number of fused-ring (bicyclic) bond motifs is 1. The van der Waals surface area contributed by atoms with Gasteiger partial charge < -0.3 is 14.4 Å². The van der Waals surface area contributed by atoms with Crippen LogP contribution in [0, 0.1) is 0 Å². The van der Waals surface area contributed by atoms with E-state index >= 15 is 0 Å². The Kier molecular flexibility index (Phi) is 7.03. The van der Waals surface area contributed by atoms with Crippen molar-refractivity contribution in [2.24, 2.45) is 0 Å². The van der Waals surface area contributed by atoms with E-state index in [1.54, 1.807) is 37.4 Å². The summed E-state index contributed by atoms with van der Waals surface area (Å²) in [7, 11) is 1.55. The van der Waals surface area contributed by atoms with Crippen molar-refractivity contribution in [2.75, 3.05) is 32.6 Å². The molecule has 7 nitrogen and oxygen atoms in total. The molecule has 32 heavy (non-hydrogen) atoms. The van der Waals surface area contributed by atoms with Crippen LogP contribution in [0.1, 0.15) is 13.3 Å². The molecule has 3 aromatic rings. The lowest BCUT2D eigenvalue weighted by atomic mass is 10.2. The first-order valence-corrected chi connectivity index (χ1v) is 11.8. The number of morpholine rings is 1. The zero-order valence-corrected chi connectivity index (χ0v) is 19.5. The molecular weight excluding hydrogens is 450 g/mol. The first kappa shape index (κ1) is 22.6. The number of thioether (sulfide) groups is 1. The number of ether oxygens (including phenoxy) is 2. The fraction of sp³-hybridized carbons (Fsp3) is 0.348. The van der Waals surface area contributed by atoms with Crippen LogP contribution in [0.5, 0.6) is 5.75 Å². The Labute approximate surface area is 195 Å². The van der Waals surface area contributed by atoms with Gasteiger partial charge in [0.15, 0.2) is 5.16 Å². The Hall–Kier alpha value is -2.55. The highest BCUT2D eigenvalue weighted by atomic mass is 35.5. The quantitative estimate of drug-likeness (QED) is 0.400. The molecule has 0 spiro atoms. The van der Waals surface area contributed by atoms with Gasteiger partial charge in [-0.05, 0) is 36.8 Å².